The zero-order chi connectivity index (χ0) is 13.7. The van der Waals surface area contributed by atoms with E-state index in [1.54, 1.807) is 0 Å². The van der Waals surface area contributed by atoms with Gasteiger partial charge in [0.2, 0.25) is 5.91 Å². The highest BCUT2D eigenvalue weighted by molar-refractivity contribution is 5.87. The van der Waals surface area contributed by atoms with E-state index in [-0.39, 0.29) is 18.0 Å². The number of nitrogens with zero attached hydrogens (tertiary/aromatic N) is 1. The maximum absolute atomic E-state index is 11.7. The second-order valence-corrected chi connectivity index (χ2v) is 4.68. The number of aromatic nitrogens is 1. The smallest absolute Gasteiger partial charge is 0.335 e. The van der Waals surface area contributed by atoms with E-state index in [1.165, 1.54) is 18.3 Å². The molecule has 0 radical (unpaired) electrons. The lowest BCUT2D eigenvalue weighted by atomic mass is 10.0. The van der Waals surface area contributed by atoms with Crippen LogP contribution in [0.1, 0.15) is 28.9 Å². The number of aromatic carboxylic acids is 1. The number of carbonyl (C=O) groups excluding carboxylic acids is 1. The van der Waals surface area contributed by atoms with Crippen molar-refractivity contribution in [3.05, 3.63) is 29.6 Å². The molecule has 1 aliphatic heterocycles. The molecule has 2 heterocycles. The normalized spacial score (nSPS) is 18.2. The second-order valence-electron chi connectivity index (χ2n) is 4.68. The minimum absolute atomic E-state index is 0.0174. The monoisotopic (exact) mass is 263 g/mol. The third-order valence-electron chi connectivity index (χ3n) is 3.17. The highest BCUT2D eigenvalue weighted by Gasteiger charge is 2.17. The molecule has 0 aliphatic carbocycles. The molecule has 6 nitrogen and oxygen atoms in total. The molecular weight excluding hydrogens is 246 g/mol. The number of carboxylic acid groups (broad SMARTS) is 1. The van der Waals surface area contributed by atoms with Crippen LogP contribution in [0, 0.1) is 5.92 Å². The van der Waals surface area contributed by atoms with E-state index in [4.69, 9.17) is 5.11 Å². The number of amides is 1. The van der Waals surface area contributed by atoms with Gasteiger partial charge in [-0.2, -0.15) is 0 Å². The highest BCUT2D eigenvalue weighted by Crippen LogP contribution is 2.11. The standard InChI is InChI=1S/C13H17N3O3/c17-12(5-9-1-3-14-7-9)16-8-11-6-10(13(18)19)2-4-15-11/h2,4,6,9,14H,1,3,5,7-8H2,(H,16,17)(H,18,19). The van der Waals surface area contributed by atoms with Crippen LogP contribution in [0.15, 0.2) is 18.3 Å². The van der Waals surface area contributed by atoms with Crippen LogP contribution in [0.3, 0.4) is 0 Å². The van der Waals surface area contributed by atoms with Crippen LogP contribution in [0.25, 0.3) is 0 Å². The molecule has 1 aliphatic rings. The maximum atomic E-state index is 11.7. The van der Waals surface area contributed by atoms with Gasteiger partial charge in [0, 0.05) is 12.6 Å². The van der Waals surface area contributed by atoms with Gasteiger partial charge in [0.05, 0.1) is 17.8 Å². The first-order chi connectivity index (χ1) is 9.15. The third-order valence-corrected chi connectivity index (χ3v) is 3.17. The topological polar surface area (TPSA) is 91.3 Å². The average Bonchev–Trinajstić information content (AvgIpc) is 2.89. The number of pyridine rings is 1. The van der Waals surface area contributed by atoms with E-state index in [0.29, 0.717) is 18.0 Å². The molecule has 1 atom stereocenters. The van der Waals surface area contributed by atoms with Gasteiger partial charge in [-0.1, -0.05) is 0 Å². The summed E-state index contributed by atoms with van der Waals surface area (Å²) in [6.45, 7) is 2.13. The van der Waals surface area contributed by atoms with Gasteiger partial charge in [-0.3, -0.25) is 9.78 Å². The zero-order valence-corrected chi connectivity index (χ0v) is 10.6. The summed E-state index contributed by atoms with van der Waals surface area (Å²) in [5.41, 5.74) is 0.733. The van der Waals surface area contributed by atoms with Crippen LogP contribution in [0.4, 0.5) is 0 Å². The SMILES string of the molecule is O=C(CC1CCNC1)NCc1cc(C(=O)O)ccn1. The zero-order valence-electron chi connectivity index (χ0n) is 10.6. The van der Waals surface area contributed by atoms with Crippen LogP contribution in [0.2, 0.25) is 0 Å². The lowest BCUT2D eigenvalue weighted by Gasteiger charge is -2.09. The summed E-state index contributed by atoms with van der Waals surface area (Å²) in [5, 5.41) is 14.8. The van der Waals surface area contributed by atoms with Crippen LogP contribution in [-0.2, 0) is 11.3 Å². The molecule has 6 heteroatoms. The van der Waals surface area contributed by atoms with Crippen LogP contribution < -0.4 is 10.6 Å². The highest BCUT2D eigenvalue weighted by atomic mass is 16.4. The summed E-state index contributed by atoms with van der Waals surface area (Å²) < 4.78 is 0. The van der Waals surface area contributed by atoms with Crippen molar-refractivity contribution in [1.29, 1.82) is 0 Å². The van der Waals surface area contributed by atoms with Crippen LogP contribution in [0.5, 0.6) is 0 Å². The third kappa shape index (κ3) is 4.03. The Hall–Kier alpha value is -1.95. The van der Waals surface area contributed by atoms with Gasteiger partial charge in [-0.05, 0) is 37.6 Å². The largest absolute Gasteiger partial charge is 0.478 e. The van der Waals surface area contributed by atoms with Gasteiger partial charge in [0.15, 0.2) is 0 Å². The first-order valence-corrected chi connectivity index (χ1v) is 6.31. The van der Waals surface area contributed by atoms with Gasteiger partial charge < -0.3 is 15.7 Å². The Labute approximate surface area is 111 Å². The molecule has 0 spiro atoms. The molecular formula is C13H17N3O3. The molecule has 1 unspecified atom stereocenters. The molecule has 0 saturated carbocycles. The van der Waals surface area contributed by atoms with E-state index >= 15 is 0 Å². The fourth-order valence-electron chi connectivity index (χ4n) is 2.12. The van der Waals surface area contributed by atoms with Crippen LogP contribution >= 0.6 is 0 Å². The molecule has 0 aromatic carbocycles. The van der Waals surface area contributed by atoms with Crippen molar-refractivity contribution < 1.29 is 14.7 Å². The molecule has 1 fully saturated rings. The lowest BCUT2D eigenvalue weighted by molar-refractivity contribution is -0.122. The number of carbonyl (C=O) groups is 2. The lowest BCUT2D eigenvalue weighted by Crippen LogP contribution is -2.26. The van der Waals surface area contributed by atoms with Crippen LogP contribution in [-0.4, -0.2) is 35.1 Å². The molecule has 3 N–H and O–H groups in total. The molecule has 19 heavy (non-hydrogen) atoms. The van der Waals surface area contributed by atoms with Crippen molar-refractivity contribution >= 4 is 11.9 Å². The maximum Gasteiger partial charge on any atom is 0.335 e. The number of hydrogen-bond donors (Lipinski definition) is 3. The summed E-state index contributed by atoms with van der Waals surface area (Å²) >= 11 is 0. The van der Waals surface area contributed by atoms with Gasteiger partial charge in [0.1, 0.15) is 0 Å². The second kappa shape index (κ2) is 6.29. The first-order valence-electron chi connectivity index (χ1n) is 6.31. The fourth-order valence-corrected chi connectivity index (χ4v) is 2.12. The Morgan fingerprint density at radius 2 is 2.37 bits per heavy atom. The van der Waals surface area contributed by atoms with Crippen molar-refractivity contribution in [2.75, 3.05) is 13.1 Å². The minimum Gasteiger partial charge on any atom is -0.478 e. The summed E-state index contributed by atoms with van der Waals surface area (Å²) in [5.74, 6) is -0.610. The summed E-state index contributed by atoms with van der Waals surface area (Å²) in [4.78, 5) is 26.5. The Bertz CT molecular complexity index is 470. The van der Waals surface area contributed by atoms with Crippen molar-refractivity contribution in [1.82, 2.24) is 15.6 Å². The Balaban J connectivity index is 1.82. The van der Waals surface area contributed by atoms with E-state index in [2.05, 4.69) is 15.6 Å². The van der Waals surface area contributed by atoms with Gasteiger partial charge in [-0.15, -0.1) is 0 Å². The molecule has 1 amide bonds. The molecule has 102 valence electrons. The minimum atomic E-state index is -0.994. The Morgan fingerprint density at radius 1 is 1.53 bits per heavy atom. The quantitative estimate of drug-likeness (QED) is 0.715. The van der Waals surface area contributed by atoms with Crippen molar-refractivity contribution in [2.24, 2.45) is 5.92 Å². The van der Waals surface area contributed by atoms with E-state index in [1.807, 2.05) is 0 Å². The van der Waals surface area contributed by atoms with Gasteiger partial charge >= 0.3 is 5.97 Å². The number of hydrogen-bond acceptors (Lipinski definition) is 4. The summed E-state index contributed by atoms with van der Waals surface area (Å²) in [7, 11) is 0. The van der Waals surface area contributed by atoms with Crippen molar-refractivity contribution in [3.8, 4) is 0 Å². The van der Waals surface area contributed by atoms with E-state index in [9.17, 15) is 9.59 Å². The summed E-state index contributed by atoms with van der Waals surface area (Å²) in [6.07, 6.45) is 2.97. The van der Waals surface area contributed by atoms with Crippen molar-refractivity contribution in [3.63, 3.8) is 0 Å². The fraction of sp³-hybridized carbons (Fsp3) is 0.462. The molecule has 1 saturated heterocycles. The molecule has 1 aromatic rings. The Morgan fingerprint density at radius 3 is 3.05 bits per heavy atom. The Kier molecular flexibility index (Phi) is 4.46. The predicted molar refractivity (Wildman–Crippen MR) is 68.6 cm³/mol. The van der Waals surface area contributed by atoms with Gasteiger partial charge in [-0.25, -0.2) is 4.79 Å². The first kappa shape index (κ1) is 13.5. The predicted octanol–water partition coefficient (Wildman–Crippen LogP) is 0.396. The van der Waals surface area contributed by atoms with Crippen molar-refractivity contribution in [2.45, 2.75) is 19.4 Å². The molecule has 0 bridgehead atoms. The number of rotatable bonds is 5. The summed E-state index contributed by atoms with van der Waals surface area (Å²) in [6, 6.07) is 2.90. The number of nitrogens with one attached hydrogen (secondary N) is 2. The van der Waals surface area contributed by atoms with E-state index in [0.717, 1.165) is 19.5 Å². The van der Waals surface area contributed by atoms with Gasteiger partial charge in [0.25, 0.3) is 0 Å². The number of carboxylic acids is 1. The van der Waals surface area contributed by atoms with E-state index < -0.39 is 5.97 Å². The molecule has 1 aromatic heterocycles. The molecule has 2 rings (SSSR count). The average molecular weight is 263 g/mol.